The standard InChI is InChI=1S/C25H27NO4S/c1-4-28-21-16-18(17-22(29-5-2)24(21)30-6-3)25(27)26-20-14-10-11-15-23(20)31-19-12-8-7-9-13-19/h7-17H,4-6H2,1-3H3,(H,26,27). The zero-order chi connectivity index (χ0) is 22.1. The van der Waals surface area contributed by atoms with Gasteiger partial charge in [0, 0.05) is 15.4 Å². The summed E-state index contributed by atoms with van der Waals surface area (Å²) >= 11 is 1.60. The maximum atomic E-state index is 13.1. The fourth-order valence-corrected chi connectivity index (χ4v) is 3.91. The lowest BCUT2D eigenvalue weighted by atomic mass is 10.1. The van der Waals surface area contributed by atoms with Crippen LogP contribution in [0.1, 0.15) is 31.1 Å². The molecule has 1 N–H and O–H groups in total. The van der Waals surface area contributed by atoms with E-state index in [1.165, 1.54) is 0 Å². The molecule has 0 unspecified atom stereocenters. The first kappa shape index (κ1) is 22.6. The summed E-state index contributed by atoms with van der Waals surface area (Å²) in [6, 6.07) is 21.2. The van der Waals surface area contributed by atoms with Crippen LogP contribution in [0, 0.1) is 0 Å². The molecule has 0 atom stereocenters. The van der Waals surface area contributed by atoms with Gasteiger partial charge < -0.3 is 19.5 Å². The highest BCUT2D eigenvalue weighted by atomic mass is 32.2. The van der Waals surface area contributed by atoms with Gasteiger partial charge in [-0.3, -0.25) is 4.79 Å². The molecule has 0 fully saturated rings. The van der Waals surface area contributed by atoms with E-state index >= 15 is 0 Å². The van der Waals surface area contributed by atoms with Crippen LogP contribution in [0.25, 0.3) is 0 Å². The Bertz CT molecular complexity index is 980. The van der Waals surface area contributed by atoms with Crippen LogP contribution in [0.5, 0.6) is 17.2 Å². The highest BCUT2D eigenvalue weighted by molar-refractivity contribution is 7.99. The largest absolute Gasteiger partial charge is 0.490 e. The topological polar surface area (TPSA) is 56.8 Å². The van der Waals surface area contributed by atoms with Crippen molar-refractivity contribution in [1.82, 2.24) is 0 Å². The maximum Gasteiger partial charge on any atom is 0.255 e. The van der Waals surface area contributed by atoms with Gasteiger partial charge in [-0.05, 0) is 57.2 Å². The van der Waals surface area contributed by atoms with E-state index in [1.54, 1.807) is 23.9 Å². The van der Waals surface area contributed by atoms with Crippen molar-refractivity contribution in [3.8, 4) is 17.2 Å². The molecule has 162 valence electrons. The lowest BCUT2D eigenvalue weighted by Crippen LogP contribution is -2.14. The Hall–Kier alpha value is -3.12. The zero-order valence-corrected chi connectivity index (χ0v) is 18.8. The summed E-state index contributed by atoms with van der Waals surface area (Å²) in [5.74, 6) is 1.26. The molecule has 0 saturated heterocycles. The molecule has 0 spiro atoms. The maximum absolute atomic E-state index is 13.1. The molecule has 1 amide bonds. The second kappa shape index (κ2) is 11.3. The minimum Gasteiger partial charge on any atom is -0.490 e. The van der Waals surface area contributed by atoms with E-state index in [9.17, 15) is 4.79 Å². The van der Waals surface area contributed by atoms with E-state index in [-0.39, 0.29) is 5.91 Å². The first-order valence-corrected chi connectivity index (χ1v) is 11.2. The van der Waals surface area contributed by atoms with Crippen molar-refractivity contribution in [3.05, 3.63) is 72.3 Å². The van der Waals surface area contributed by atoms with Gasteiger partial charge in [-0.2, -0.15) is 0 Å². The minimum atomic E-state index is -0.244. The summed E-state index contributed by atoms with van der Waals surface area (Å²) < 4.78 is 17.2. The fraction of sp³-hybridized carbons (Fsp3) is 0.240. The van der Waals surface area contributed by atoms with E-state index in [4.69, 9.17) is 14.2 Å². The second-order valence-corrected chi connectivity index (χ2v) is 7.58. The van der Waals surface area contributed by atoms with Gasteiger partial charge in [-0.1, -0.05) is 42.1 Å². The Morgan fingerprint density at radius 2 is 1.39 bits per heavy atom. The highest BCUT2D eigenvalue weighted by Gasteiger charge is 2.19. The lowest BCUT2D eigenvalue weighted by molar-refractivity contribution is 0.102. The average molecular weight is 438 g/mol. The number of carbonyl (C=O) groups excluding carboxylic acids is 1. The van der Waals surface area contributed by atoms with Crippen molar-refractivity contribution in [3.63, 3.8) is 0 Å². The number of benzene rings is 3. The predicted octanol–water partition coefficient (Wildman–Crippen LogP) is 6.29. The van der Waals surface area contributed by atoms with Crippen LogP contribution in [0.4, 0.5) is 5.69 Å². The Morgan fingerprint density at radius 1 is 0.806 bits per heavy atom. The predicted molar refractivity (Wildman–Crippen MR) is 125 cm³/mol. The number of para-hydroxylation sites is 1. The van der Waals surface area contributed by atoms with Crippen molar-refractivity contribution in [2.75, 3.05) is 25.1 Å². The van der Waals surface area contributed by atoms with Gasteiger partial charge in [0.1, 0.15) is 0 Å². The number of hydrogen-bond acceptors (Lipinski definition) is 5. The van der Waals surface area contributed by atoms with E-state index < -0.39 is 0 Å². The number of hydrogen-bond donors (Lipinski definition) is 1. The molecule has 6 heteroatoms. The number of carbonyl (C=O) groups is 1. The van der Waals surface area contributed by atoms with Crippen LogP contribution in [-0.4, -0.2) is 25.7 Å². The monoisotopic (exact) mass is 437 g/mol. The average Bonchev–Trinajstić information content (AvgIpc) is 2.78. The van der Waals surface area contributed by atoms with Gasteiger partial charge in [-0.15, -0.1) is 0 Å². The Balaban J connectivity index is 1.90. The van der Waals surface area contributed by atoms with Crippen molar-refractivity contribution in [2.45, 2.75) is 30.6 Å². The first-order chi connectivity index (χ1) is 15.2. The molecule has 0 aliphatic carbocycles. The molecule has 3 rings (SSSR count). The van der Waals surface area contributed by atoms with Crippen LogP contribution in [0.15, 0.2) is 76.5 Å². The van der Waals surface area contributed by atoms with Crippen LogP contribution in [0.2, 0.25) is 0 Å². The molecule has 0 bridgehead atoms. The molecule has 5 nitrogen and oxygen atoms in total. The first-order valence-electron chi connectivity index (χ1n) is 10.4. The summed E-state index contributed by atoms with van der Waals surface area (Å²) in [5, 5.41) is 3.03. The van der Waals surface area contributed by atoms with Gasteiger partial charge in [-0.25, -0.2) is 0 Å². The number of nitrogens with one attached hydrogen (secondary N) is 1. The van der Waals surface area contributed by atoms with Gasteiger partial charge in [0.2, 0.25) is 5.75 Å². The molecule has 31 heavy (non-hydrogen) atoms. The molecule has 0 radical (unpaired) electrons. The van der Waals surface area contributed by atoms with Gasteiger partial charge in [0.25, 0.3) is 5.91 Å². The Labute approximate surface area is 187 Å². The number of amides is 1. The van der Waals surface area contributed by atoms with Crippen LogP contribution >= 0.6 is 11.8 Å². The van der Waals surface area contributed by atoms with E-state index in [0.717, 1.165) is 15.5 Å². The van der Waals surface area contributed by atoms with Gasteiger partial charge in [0.15, 0.2) is 11.5 Å². The number of anilines is 1. The Morgan fingerprint density at radius 3 is 2.00 bits per heavy atom. The second-order valence-electron chi connectivity index (χ2n) is 6.47. The van der Waals surface area contributed by atoms with Gasteiger partial charge >= 0.3 is 0 Å². The zero-order valence-electron chi connectivity index (χ0n) is 18.0. The quantitative estimate of drug-likeness (QED) is 0.404. The number of ether oxygens (including phenoxy) is 3. The van der Waals surface area contributed by atoms with E-state index in [0.29, 0.717) is 42.6 Å². The summed E-state index contributed by atoms with van der Waals surface area (Å²) in [6.07, 6.45) is 0. The Kier molecular flexibility index (Phi) is 8.24. The molecule has 3 aromatic carbocycles. The molecule has 0 saturated carbocycles. The molecule has 3 aromatic rings. The summed E-state index contributed by atoms with van der Waals surface area (Å²) in [7, 11) is 0. The molecule has 0 heterocycles. The minimum absolute atomic E-state index is 0.244. The van der Waals surface area contributed by atoms with Crippen molar-refractivity contribution >= 4 is 23.4 Å². The van der Waals surface area contributed by atoms with Gasteiger partial charge in [0.05, 0.1) is 25.5 Å². The van der Waals surface area contributed by atoms with Crippen LogP contribution in [-0.2, 0) is 0 Å². The summed E-state index contributed by atoms with van der Waals surface area (Å²) in [5.41, 5.74) is 1.18. The molecule has 0 aliphatic heterocycles. The third kappa shape index (κ3) is 5.95. The van der Waals surface area contributed by atoms with Crippen molar-refractivity contribution in [1.29, 1.82) is 0 Å². The SMILES string of the molecule is CCOc1cc(C(=O)Nc2ccccc2Sc2ccccc2)cc(OCC)c1OCC. The molecular weight excluding hydrogens is 410 g/mol. The smallest absolute Gasteiger partial charge is 0.255 e. The molecule has 0 aliphatic rings. The normalized spacial score (nSPS) is 10.4. The van der Waals surface area contributed by atoms with Crippen molar-refractivity contribution < 1.29 is 19.0 Å². The third-order valence-corrected chi connectivity index (χ3v) is 5.36. The lowest BCUT2D eigenvalue weighted by Gasteiger charge is -2.17. The fourth-order valence-electron chi connectivity index (χ4n) is 2.99. The molecular formula is C25H27NO4S. The summed E-state index contributed by atoms with van der Waals surface area (Å²) in [4.78, 5) is 15.2. The number of rotatable bonds is 10. The third-order valence-electron chi connectivity index (χ3n) is 4.28. The van der Waals surface area contributed by atoms with E-state index in [1.807, 2.05) is 75.4 Å². The van der Waals surface area contributed by atoms with Crippen LogP contribution < -0.4 is 19.5 Å². The molecule has 0 aromatic heterocycles. The summed E-state index contributed by atoms with van der Waals surface area (Å²) in [6.45, 7) is 7.05. The van der Waals surface area contributed by atoms with Crippen molar-refractivity contribution in [2.24, 2.45) is 0 Å². The van der Waals surface area contributed by atoms with E-state index in [2.05, 4.69) is 5.32 Å². The van der Waals surface area contributed by atoms with Crippen LogP contribution in [0.3, 0.4) is 0 Å². The highest BCUT2D eigenvalue weighted by Crippen LogP contribution is 2.40.